The van der Waals surface area contributed by atoms with Gasteiger partial charge in [-0.25, -0.2) is 8.42 Å². The number of hydrogen-bond acceptors (Lipinski definition) is 2. The molecule has 0 aliphatic heterocycles. The molecule has 41 valence electrons. The molecular formula is C4H7O2S. The van der Waals surface area contributed by atoms with Crippen molar-refractivity contribution in [2.24, 2.45) is 0 Å². The molecule has 0 aliphatic rings. The molecule has 0 atom stereocenters. The van der Waals surface area contributed by atoms with Crippen molar-refractivity contribution in [2.75, 3.05) is 12.0 Å². The first kappa shape index (κ1) is 6.69. The molecule has 0 N–H and O–H groups in total. The smallest absolute Gasteiger partial charge is 0.151 e. The van der Waals surface area contributed by atoms with Crippen molar-refractivity contribution < 1.29 is 8.42 Å². The van der Waals surface area contributed by atoms with E-state index in [9.17, 15) is 8.42 Å². The minimum Gasteiger partial charge on any atom is -0.229 e. The highest BCUT2D eigenvalue weighted by Gasteiger charge is 1.93. The summed E-state index contributed by atoms with van der Waals surface area (Å²) in [6.07, 6.45) is 2.26. The lowest BCUT2D eigenvalue weighted by atomic mass is 10.8. The maximum absolute atomic E-state index is 10.1. The number of hydrogen-bond donors (Lipinski definition) is 0. The summed E-state index contributed by atoms with van der Waals surface area (Å²) in [6.45, 7) is 4.81. The van der Waals surface area contributed by atoms with Gasteiger partial charge in [-0.05, 0) is 0 Å². The first-order valence-electron chi connectivity index (χ1n) is 1.77. The Labute approximate surface area is 43.8 Å². The van der Waals surface area contributed by atoms with Gasteiger partial charge < -0.3 is 0 Å². The molecule has 0 rings (SSSR count). The molecule has 0 aliphatic carbocycles. The first-order valence-corrected chi connectivity index (χ1v) is 3.83. The van der Waals surface area contributed by atoms with Crippen LogP contribution in [0.25, 0.3) is 0 Å². The van der Waals surface area contributed by atoms with Crippen molar-refractivity contribution in [1.29, 1.82) is 0 Å². The van der Waals surface area contributed by atoms with Gasteiger partial charge in [0.2, 0.25) is 0 Å². The van der Waals surface area contributed by atoms with E-state index in [2.05, 4.69) is 0 Å². The highest BCUT2D eigenvalue weighted by Crippen LogP contribution is 1.79. The van der Waals surface area contributed by atoms with Crippen molar-refractivity contribution in [2.45, 2.75) is 0 Å². The largest absolute Gasteiger partial charge is 0.229 e. The number of sulfone groups is 1. The Kier molecular flexibility index (Phi) is 2.02. The lowest BCUT2D eigenvalue weighted by Crippen LogP contribution is -1.98. The van der Waals surface area contributed by atoms with Crippen LogP contribution in [0.1, 0.15) is 0 Å². The van der Waals surface area contributed by atoms with Gasteiger partial charge in [0.25, 0.3) is 0 Å². The van der Waals surface area contributed by atoms with Crippen LogP contribution in [0, 0.1) is 6.58 Å². The van der Waals surface area contributed by atoms with Gasteiger partial charge in [-0.1, -0.05) is 12.7 Å². The molecule has 0 bridgehead atoms. The minimum atomic E-state index is -2.85. The second-order valence-corrected chi connectivity index (χ2v) is 3.51. The molecule has 0 saturated carbocycles. The molecule has 0 unspecified atom stereocenters. The zero-order valence-corrected chi connectivity index (χ0v) is 4.90. The first-order chi connectivity index (χ1) is 3.06. The van der Waals surface area contributed by atoms with Gasteiger partial charge in [0, 0.05) is 6.26 Å². The average Bonchev–Trinajstić information content (AvgIpc) is 1.30. The van der Waals surface area contributed by atoms with Crippen LogP contribution in [0.4, 0.5) is 0 Å². The molecule has 0 aromatic rings. The van der Waals surface area contributed by atoms with Crippen molar-refractivity contribution in [3.05, 3.63) is 12.7 Å². The van der Waals surface area contributed by atoms with Crippen LogP contribution in [0.2, 0.25) is 0 Å². The molecule has 0 heterocycles. The Balaban J connectivity index is 3.84. The Bertz CT molecular complexity index is 143. The Hall–Kier alpha value is -0.310. The van der Waals surface area contributed by atoms with E-state index in [1.165, 1.54) is 0 Å². The summed E-state index contributed by atoms with van der Waals surface area (Å²) in [4.78, 5) is 0. The summed E-state index contributed by atoms with van der Waals surface area (Å²) in [5.41, 5.74) is 0. The molecule has 0 aromatic heterocycles. The third kappa shape index (κ3) is 5.69. The standard InChI is InChI=1S/C4H7O2S/c1-3-4-7(2,5)6/h1,3H,4H2,2H3. The van der Waals surface area contributed by atoms with E-state index in [0.29, 0.717) is 0 Å². The predicted molar refractivity (Wildman–Crippen MR) is 28.6 cm³/mol. The molecule has 0 saturated heterocycles. The molecular weight excluding hydrogens is 112 g/mol. The fourth-order valence-electron chi connectivity index (χ4n) is 0.175. The highest BCUT2D eigenvalue weighted by atomic mass is 32.2. The van der Waals surface area contributed by atoms with Gasteiger partial charge in [0.05, 0.1) is 5.75 Å². The van der Waals surface area contributed by atoms with Gasteiger partial charge in [0.15, 0.2) is 9.84 Å². The lowest BCUT2D eigenvalue weighted by molar-refractivity contribution is 0.604. The fraction of sp³-hybridized carbons (Fsp3) is 0.500. The minimum absolute atomic E-state index is 0.0347. The Morgan fingerprint density at radius 1 is 1.71 bits per heavy atom. The van der Waals surface area contributed by atoms with Crippen LogP contribution in [-0.4, -0.2) is 20.4 Å². The van der Waals surface area contributed by atoms with Gasteiger partial charge in [-0.15, -0.1) is 0 Å². The van der Waals surface area contributed by atoms with Gasteiger partial charge in [0.1, 0.15) is 0 Å². The summed E-state index contributed by atoms with van der Waals surface area (Å²) in [5.74, 6) is -0.0347. The SMILES string of the molecule is [CH]=CCS(C)(=O)=O. The summed E-state index contributed by atoms with van der Waals surface area (Å²) in [5, 5.41) is 0. The lowest BCUT2D eigenvalue weighted by Gasteiger charge is -1.83. The monoisotopic (exact) mass is 119 g/mol. The normalized spacial score (nSPS) is 11.0. The summed E-state index contributed by atoms with van der Waals surface area (Å²) in [6, 6.07) is 0. The molecule has 3 heteroatoms. The third-order valence-corrected chi connectivity index (χ3v) is 1.20. The number of rotatable bonds is 2. The topological polar surface area (TPSA) is 34.1 Å². The Morgan fingerprint density at radius 2 is 2.14 bits per heavy atom. The fourth-order valence-corrected chi connectivity index (χ4v) is 0.524. The van der Waals surface area contributed by atoms with Crippen molar-refractivity contribution in [3.8, 4) is 0 Å². The third-order valence-electron chi connectivity index (χ3n) is 0.399. The van der Waals surface area contributed by atoms with E-state index in [4.69, 9.17) is 6.58 Å². The van der Waals surface area contributed by atoms with E-state index < -0.39 is 9.84 Å². The predicted octanol–water partition coefficient (Wildman–Crippen LogP) is 0.0202. The van der Waals surface area contributed by atoms with Crippen molar-refractivity contribution in [1.82, 2.24) is 0 Å². The Morgan fingerprint density at radius 3 is 2.14 bits per heavy atom. The molecule has 0 fully saturated rings. The van der Waals surface area contributed by atoms with Crippen LogP contribution in [-0.2, 0) is 9.84 Å². The maximum atomic E-state index is 10.1. The molecule has 2 nitrogen and oxygen atoms in total. The van der Waals surface area contributed by atoms with Crippen LogP contribution >= 0.6 is 0 Å². The molecule has 1 radical (unpaired) electrons. The maximum Gasteiger partial charge on any atom is 0.151 e. The van der Waals surface area contributed by atoms with E-state index in [1.807, 2.05) is 0 Å². The zero-order chi connectivity index (χ0) is 5.91. The van der Waals surface area contributed by atoms with Crippen LogP contribution < -0.4 is 0 Å². The van der Waals surface area contributed by atoms with Crippen LogP contribution in [0.5, 0.6) is 0 Å². The molecule has 0 amide bonds. The molecule has 7 heavy (non-hydrogen) atoms. The van der Waals surface area contributed by atoms with Crippen molar-refractivity contribution in [3.63, 3.8) is 0 Å². The molecule has 0 spiro atoms. The summed E-state index contributed by atoms with van der Waals surface area (Å²) >= 11 is 0. The highest BCUT2D eigenvalue weighted by molar-refractivity contribution is 7.90. The summed E-state index contributed by atoms with van der Waals surface area (Å²) in [7, 11) is -2.85. The van der Waals surface area contributed by atoms with Gasteiger partial charge in [-0.2, -0.15) is 0 Å². The van der Waals surface area contributed by atoms with E-state index in [0.717, 1.165) is 12.3 Å². The van der Waals surface area contributed by atoms with Crippen LogP contribution in [0.15, 0.2) is 6.08 Å². The average molecular weight is 119 g/mol. The zero-order valence-electron chi connectivity index (χ0n) is 4.09. The quantitative estimate of drug-likeness (QED) is 0.513. The van der Waals surface area contributed by atoms with E-state index in [1.54, 1.807) is 0 Å². The second kappa shape index (κ2) is 2.12. The van der Waals surface area contributed by atoms with E-state index in [-0.39, 0.29) is 5.75 Å². The molecule has 0 aromatic carbocycles. The summed E-state index contributed by atoms with van der Waals surface area (Å²) < 4.78 is 20.2. The second-order valence-electron chi connectivity index (χ2n) is 1.33. The van der Waals surface area contributed by atoms with Gasteiger partial charge in [-0.3, -0.25) is 0 Å². The van der Waals surface area contributed by atoms with Crippen molar-refractivity contribution >= 4 is 9.84 Å². The van der Waals surface area contributed by atoms with Crippen LogP contribution in [0.3, 0.4) is 0 Å². The van der Waals surface area contributed by atoms with Gasteiger partial charge >= 0.3 is 0 Å². The van der Waals surface area contributed by atoms with E-state index >= 15 is 0 Å².